The third-order valence-electron chi connectivity index (χ3n) is 3.66. The molecule has 18 heavy (non-hydrogen) atoms. The molecule has 1 aliphatic rings. The number of hydrogen-bond acceptors (Lipinski definition) is 0. The second-order valence-corrected chi connectivity index (χ2v) is 5.15. The van der Waals surface area contributed by atoms with Crippen molar-refractivity contribution in [2.24, 2.45) is 0 Å². The molecular formula is C14H16ClF3. The largest absolute Gasteiger partial charge is 0.416 e. The number of rotatable bonds is 2. The van der Waals surface area contributed by atoms with Gasteiger partial charge in [0.15, 0.2) is 0 Å². The molecule has 0 amide bonds. The van der Waals surface area contributed by atoms with Gasteiger partial charge in [0.2, 0.25) is 0 Å². The van der Waals surface area contributed by atoms with Crippen LogP contribution in [0.1, 0.15) is 54.7 Å². The van der Waals surface area contributed by atoms with Crippen LogP contribution in [0.25, 0.3) is 0 Å². The Balaban J connectivity index is 2.33. The van der Waals surface area contributed by atoms with Crippen LogP contribution in [0, 0.1) is 0 Å². The molecule has 0 bridgehead atoms. The Kier molecular flexibility index (Phi) is 4.21. The molecule has 1 fully saturated rings. The normalized spacial score (nSPS) is 18.0. The maximum absolute atomic E-state index is 12.9. The molecule has 1 saturated carbocycles. The van der Waals surface area contributed by atoms with Gasteiger partial charge in [-0.2, -0.15) is 13.2 Å². The highest BCUT2D eigenvalue weighted by molar-refractivity contribution is 6.17. The third-order valence-corrected chi connectivity index (χ3v) is 3.95. The molecule has 0 radical (unpaired) electrons. The molecule has 0 aliphatic heterocycles. The van der Waals surface area contributed by atoms with Gasteiger partial charge in [0, 0.05) is 5.88 Å². The summed E-state index contributed by atoms with van der Waals surface area (Å²) in [5.74, 6) is 0.184. The van der Waals surface area contributed by atoms with Crippen LogP contribution in [0.3, 0.4) is 0 Å². The molecular weight excluding hydrogens is 261 g/mol. The molecule has 1 aromatic rings. The summed E-state index contributed by atoms with van der Waals surface area (Å²) in [6.45, 7) is 0. The van der Waals surface area contributed by atoms with Crippen molar-refractivity contribution in [1.82, 2.24) is 0 Å². The van der Waals surface area contributed by atoms with Crippen LogP contribution < -0.4 is 0 Å². The second-order valence-electron chi connectivity index (χ2n) is 4.88. The molecule has 0 heterocycles. The van der Waals surface area contributed by atoms with E-state index in [4.69, 9.17) is 11.6 Å². The summed E-state index contributed by atoms with van der Waals surface area (Å²) >= 11 is 5.58. The van der Waals surface area contributed by atoms with E-state index in [2.05, 4.69) is 0 Å². The Morgan fingerprint density at radius 3 is 2.33 bits per heavy atom. The first-order valence-electron chi connectivity index (χ1n) is 6.28. The molecule has 1 aliphatic carbocycles. The standard InChI is InChI=1S/C14H16ClF3/c15-9-12-7-6-11(8-13(12)14(16,17)18)10-4-2-1-3-5-10/h6-8,10H,1-5,9H2. The maximum atomic E-state index is 12.9. The van der Waals surface area contributed by atoms with E-state index in [-0.39, 0.29) is 17.4 Å². The molecule has 0 aromatic heterocycles. The smallest absolute Gasteiger partial charge is 0.166 e. The number of halogens is 4. The summed E-state index contributed by atoms with van der Waals surface area (Å²) in [6, 6.07) is 4.64. The van der Waals surface area contributed by atoms with Crippen molar-refractivity contribution in [3.63, 3.8) is 0 Å². The van der Waals surface area contributed by atoms with Crippen molar-refractivity contribution in [3.8, 4) is 0 Å². The van der Waals surface area contributed by atoms with Crippen LogP contribution in [0.5, 0.6) is 0 Å². The van der Waals surface area contributed by atoms with E-state index < -0.39 is 11.7 Å². The summed E-state index contributed by atoms with van der Waals surface area (Å²) in [5.41, 5.74) is 0.417. The fraction of sp³-hybridized carbons (Fsp3) is 0.571. The van der Waals surface area contributed by atoms with Gasteiger partial charge in [-0.15, -0.1) is 11.6 Å². The fourth-order valence-corrected chi connectivity index (χ4v) is 2.90. The quantitative estimate of drug-likeness (QED) is 0.626. The van der Waals surface area contributed by atoms with Gasteiger partial charge in [-0.3, -0.25) is 0 Å². The summed E-state index contributed by atoms with van der Waals surface area (Å²) in [5, 5.41) is 0. The van der Waals surface area contributed by atoms with Crippen molar-refractivity contribution < 1.29 is 13.2 Å². The van der Waals surface area contributed by atoms with E-state index in [1.54, 1.807) is 0 Å². The van der Waals surface area contributed by atoms with Crippen LogP contribution in [-0.2, 0) is 12.1 Å². The molecule has 1 aromatic carbocycles. The topological polar surface area (TPSA) is 0 Å². The van der Waals surface area contributed by atoms with Gasteiger partial charge in [0.25, 0.3) is 0 Å². The van der Waals surface area contributed by atoms with Gasteiger partial charge in [0.05, 0.1) is 5.56 Å². The summed E-state index contributed by atoms with van der Waals surface area (Å²) in [6.07, 6.45) is 1.11. The van der Waals surface area contributed by atoms with Crippen LogP contribution >= 0.6 is 11.6 Å². The minimum Gasteiger partial charge on any atom is -0.166 e. The van der Waals surface area contributed by atoms with Gasteiger partial charge in [-0.25, -0.2) is 0 Å². The highest BCUT2D eigenvalue weighted by atomic mass is 35.5. The van der Waals surface area contributed by atoms with Crippen LogP contribution in [-0.4, -0.2) is 0 Å². The molecule has 2 rings (SSSR count). The molecule has 0 saturated heterocycles. The Hall–Kier alpha value is -0.700. The molecule has 100 valence electrons. The monoisotopic (exact) mass is 276 g/mol. The van der Waals surface area contributed by atoms with Crippen LogP contribution in [0.4, 0.5) is 13.2 Å². The Morgan fingerprint density at radius 2 is 1.78 bits per heavy atom. The van der Waals surface area contributed by atoms with E-state index in [9.17, 15) is 13.2 Å². The summed E-state index contributed by atoms with van der Waals surface area (Å²) in [7, 11) is 0. The summed E-state index contributed by atoms with van der Waals surface area (Å²) < 4.78 is 38.8. The minimum atomic E-state index is -4.31. The Morgan fingerprint density at radius 1 is 1.11 bits per heavy atom. The molecule has 0 atom stereocenters. The molecule has 4 heteroatoms. The number of alkyl halides is 4. The van der Waals surface area contributed by atoms with Crippen molar-refractivity contribution in [2.45, 2.75) is 50.1 Å². The minimum absolute atomic E-state index is 0.0974. The molecule has 0 nitrogen and oxygen atoms in total. The average Bonchev–Trinajstić information content (AvgIpc) is 2.38. The lowest BCUT2D eigenvalue weighted by molar-refractivity contribution is -0.138. The first kappa shape index (κ1) is 13.7. The molecule has 0 spiro atoms. The van der Waals surface area contributed by atoms with Gasteiger partial charge < -0.3 is 0 Å². The summed E-state index contributed by atoms with van der Waals surface area (Å²) in [4.78, 5) is 0. The Labute approximate surface area is 110 Å². The van der Waals surface area contributed by atoms with E-state index in [1.165, 1.54) is 18.6 Å². The first-order valence-corrected chi connectivity index (χ1v) is 6.82. The second kappa shape index (κ2) is 5.52. The zero-order chi connectivity index (χ0) is 13.2. The fourth-order valence-electron chi connectivity index (χ4n) is 2.66. The SMILES string of the molecule is FC(F)(F)c1cc(C2CCCCC2)ccc1CCl. The van der Waals surface area contributed by atoms with E-state index in [0.717, 1.165) is 31.2 Å². The van der Waals surface area contributed by atoms with Crippen molar-refractivity contribution in [1.29, 1.82) is 0 Å². The lowest BCUT2D eigenvalue weighted by Gasteiger charge is -2.23. The molecule has 0 unspecified atom stereocenters. The highest BCUT2D eigenvalue weighted by Crippen LogP contribution is 2.38. The van der Waals surface area contributed by atoms with Gasteiger partial charge in [-0.05, 0) is 36.0 Å². The van der Waals surface area contributed by atoms with Crippen LogP contribution in [0.2, 0.25) is 0 Å². The predicted molar refractivity (Wildman–Crippen MR) is 66.8 cm³/mol. The van der Waals surface area contributed by atoms with Gasteiger partial charge >= 0.3 is 6.18 Å². The van der Waals surface area contributed by atoms with E-state index in [1.807, 2.05) is 6.07 Å². The zero-order valence-corrected chi connectivity index (χ0v) is 10.8. The highest BCUT2D eigenvalue weighted by Gasteiger charge is 2.33. The lowest BCUT2D eigenvalue weighted by atomic mass is 9.83. The van der Waals surface area contributed by atoms with E-state index in [0.29, 0.717) is 0 Å². The zero-order valence-electron chi connectivity index (χ0n) is 10.1. The predicted octanol–water partition coefficient (Wildman–Crippen LogP) is 5.49. The third kappa shape index (κ3) is 3.00. The van der Waals surface area contributed by atoms with Gasteiger partial charge in [-0.1, -0.05) is 31.4 Å². The van der Waals surface area contributed by atoms with Gasteiger partial charge in [0.1, 0.15) is 0 Å². The van der Waals surface area contributed by atoms with Crippen LogP contribution in [0.15, 0.2) is 18.2 Å². The molecule has 0 N–H and O–H groups in total. The lowest BCUT2D eigenvalue weighted by Crippen LogP contribution is -2.11. The average molecular weight is 277 g/mol. The number of hydrogen-bond donors (Lipinski definition) is 0. The van der Waals surface area contributed by atoms with E-state index >= 15 is 0 Å². The Bertz CT molecular complexity index is 406. The maximum Gasteiger partial charge on any atom is 0.416 e. The first-order chi connectivity index (χ1) is 8.52. The van der Waals surface area contributed by atoms with Crippen molar-refractivity contribution in [3.05, 3.63) is 34.9 Å². The van der Waals surface area contributed by atoms with Crippen molar-refractivity contribution in [2.75, 3.05) is 0 Å². The van der Waals surface area contributed by atoms with Crippen molar-refractivity contribution >= 4 is 11.6 Å². The number of benzene rings is 1.